The summed E-state index contributed by atoms with van der Waals surface area (Å²) in [5.41, 5.74) is 0. The number of methoxy groups -OCH3 is 1. The first-order valence-corrected chi connectivity index (χ1v) is 4.59. The van der Waals surface area contributed by atoms with Crippen molar-refractivity contribution in [3.8, 4) is 0 Å². The topological polar surface area (TPSA) is 55.4 Å². The van der Waals surface area contributed by atoms with E-state index in [2.05, 4.69) is 10.1 Å². The monoisotopic (exact) mass is 183 g/mol. The van der Waals surface area contributed by atoms with E-state index in [1.54, 1.807) is 0 Å². The fourth-order valence-electron chi connectivity index (χ4n) is 2.01. The molecule has 72 valence electrons. The summed E-state index contributed by atoms with van der Waals surface area (Å²) in [5.74, 6) is -0.351. The number of carbonyl (C=O) groups is 2. The van der Waals surface area contributed by atoms with E-state index in [9.17, 15) is 9.59 Å². The average Bonchev–Trinajstić information content (AvgIpc) is 2.89. The quantitative estimate of drug-likeness (QED) is 0.481. The standard InChI is InChI=1S/C9H13NO3/c1-13-9(12)7-6(5-2-3-5)4-10-8(7)11/h5-7H,2-4H2,1H3,(H,10,11). The first-order valence-electron chi connectivity index (χ1n) is 4.59. The zero-order valence-electron chi connectivity index (χ0n) is 7.58. The Hall–Kier alpha value is -1.06. The molecule has 2 aliphatic rings. The molecule has 4 heteroatoms. The van der Waals surface area contributed by atoms with Gasteiger partial charge in [0.2, 0.25) is 5.91 Å². The van der Waals surface area contributed by atoms with Crippen LogP contribution in [0.3, 0.4) is 0 Å². The molecule has 13 heavy (non-hydrogen) atoms. The van der Waals surface area contributed by atoms with E-state index in [0.29, 0.717) is 12.5 Å². The molecule has 1 saturated carbocycles. The highest BCUT2D eigenvalue weighted by molar-refractivity contribution is 5.99. The summed E-state index contributed by atoms with van der Waals surface area (Å²) in [4.78, 5) is 22.6. The van der Waals surface area contributed by atoms with Gasteiger partial charge in [-0.3, -0.25) is 9.59 Å². The highest BCUT2D eigenvalue weighted by atomic mass is 16.5. The first-order chi connectivity index (χ1) is 6.24. The molecule has 1 N–H and O–H groups in total. The molecule has 0 aromatic heterocycles. The molecule has 1 aliphatic heterocycles. The summed E-state index contributed by atoms with van der Waals surface area (Å²) in [7, 11) is 1.33. The smallest absolute Gasteiger partial charge is 0.318 e. The van der Waals surface area contributed by atoms with Crippen LogP contribution in [0.1, 0.15) is 12.8 Å². The van der Waals surface area contributed by atoms with E-state index in [-0.39, 0.29) is 17.8 Å². The summed E-state index contributed by atoms with van der Waals surface area (Å²) in [5, 5.41) is 2.72. The maximum Gasteiger partial charge on any atom is 0.318 e. The van der Waals surface area contributed by atoms with Gasteiger partial charge in [0.05, 0.1) is 7.11 Å². The van der Waals surface area contributed by atoms with Crippen molar-refractivity contribution in [3.63, 3.8) is 0 Å². The molecule has 0 bridgehead atoms. The molecule has 2 unspecified atom stereocenters. The van der Waals surface area contributed by atoms with Crippen LogP contribution in [0.2, 0.25) is 0 Å². The summed E-state index contributed by atoms with van der Waals surface area (Å²) in [6.45, 7) is 0.642. The van der Waals surface area contributed by atoms with Crippen LogP contribution in [-0.2, 0) is 14.3 Å². The van der Waals surface area contributed by atoms with E-state index in [0.717, 1.165) is 12.8 Å². The second-order valence-corrected chi connectivity index (χ2v) is 3.75. The molecule has 0 spiro atoms. The van der Waals surface area contributed by atoms with Crippen molar-refractivity contribution in [3.05, 3.63) is 0 Å². The van der Waals surface area contributed by atoms with Gasteiger partial charge in [-0.1, -0.05) is 0 Å². The molecule has 1 aliphatic carbocycles. The predicted octanol–water partition coefficient (Wildman–Crippen LogP) is -0.0684. The molecule has 0 radical (unpaired) electrons. The van der Waals surface area contributed by atoms with E-state index in [4.69, 9.17) is 0 Å². The normalized spacial score (nSPS) is 32.8. The summed E-state index contributed by atoms with van der Waals surface area (Å²) >= 11 is 0. The van der Waals surface area contributed by atoms with E-state index >= 15 is 0 Å². The van der Waals surface area contributed by atoms with Gasteiger partial charge in [0, 0.05) is 12.5 Å². The number of amides is 1. The largest absolute Gasteiger partial charge is 0.468 e. The molecular formula is C9H13NO3. The third kappa shape index (κ3) is 1.41. The Labute approximate surface area is 76.6 Å². The number of ether oxygens (including phenoxy) is 1. The maximum absolute atomic E-state index is 11.3. The van der Waals surface area contributed by atoms with Crippen LogP contribution >= 0.6 is 0 Å². The zero-order chi connectivity index (χ0) is 9.42. The fraction of sp³-hybridized carbons (Fsp3) is 0.778. The molecular weight excluding hydrogens is 170 g/mol. The summed E-state index contributed by atoms with van der Waals surface area (Å²) < 4.78 is 4.61. The minimum Gasteiger partial charge on any atom is -0.468 e. The molecule has 0 aromatic rings. The van der Waals surface area contributed by atoms with Crippen molar-refractivity contribution in [2.24, 2.45) is 17.8 Å². The number of esters is 1. The Morgan fingerprint density at radius 2 is 2.23 bits per heavy atom. The van der Waals surface area contributed by atoms with Gasteiger partial charge in [0.25, 0.3) is 0 Å². The highest BCUT2D eigenvalue weighted by Crippen LogP contribution is 2.42. The molecule has 1 amide bonds. The van der Waals surface area contributed by atoms with Gasteiger partial charge in [0.15, 0.2) is 0 Å². The Kier molecular flexibility index (Phi) is 1.98. The van der Waals surface area contributed by atoms with E-state index < -0.39 is 5.92 Å². The van der Waals surface area contributed by atoms with Gasteiger partial charge in [-0.25, -0.2) is 0 Å². The number of hydrogen-bond acceptors (Lipinski definition) is 3. The van der Waals surface area contributed by atoms with Crippen LogP contribution in [0.15, 0.2) is 0 Å². The van der Waals surface area contributed by atoms with Gasteiger partial charge in [0.1, 0.15) is 5.92 Å². The van der Waals surface area contributed by atoms with Crippen LogP contribution in [0.25, 0.3) is 0 Å². The van der Waals surface area contributed by atoms with Crippen LogP contribution in [0.4, 0.5) is 0 Å². The van der Waals surface area contributed by atoms with Gasteiger partial charge in [-0.15, -0.1) is 0 Å². The number of rotatable bonds is 2. The lowest BCUT2D eigenvalue weighted by Gasteiger charge is -2.12. The Morgan fingerprint density at radius 3 is 2.77 bits per heavy atom. The summed E-state index contributed by atoms with van der Waals surface area (Å²) in [6.07, 6.45) is 2.29. The minimum absolute atomic E-state index is 0.163. The third-order valence-corrected chi connectivity index (χ3v) is 2.91. The van der Waals surface area contributed by atoms with Crippen molar-refractivity contribution in [1.82, 2.24) is 5.32 Å². The van der Waals surface area contributed by atoms with Crippen molar-refractivity contribution in [1.29, 1.82) is 0 Å². The van der Waals surface area contributed by atoms with Crippen LogP contribution in [-0.4, -0.2) is 25.5 Å². The Balaban J connectivity index is 2.10. The molecule has 4 nitrogen and oxygen atoms in total. The Bertz CT molecular complexity index is 247. The van der Waals surface area contributed by atoms with Crippen molar-refractivity contribution >= 4 is 11.9 Å². The van der Waals surface area contributed by atoms with Gasteiger partial charge in [-0.05, 0) is 18.8 Å². The van der Waals surface area contributed by atoms with Gasteiger partial charge < -0.3 is 10.1 Å². The van der Waals surface area contributed by atoms with Crippen molar-refractivity contribution < 1.29 is 14.3 Å². The molecule has 2 rings (SSSR count). The molecule has 1 saturated heterocycles. The van der Waals surface area contributed by atoms with Crippen LogP contribution in [0.5, 0.6) is 0 Å². The SMILES string of the molecule is COC(=O)C1C(=O)NCC1C1CC1. The second-order valence-electron chi connectivity index (χ2n) is 3.75. The van der Waals surface area contributed by atoms with Gasteiger partial charge in [-0.2, -0.15) is 0 Å². The lowest BCUT2D eigenvalue weighted by atomic mass is 9.91. The highest BCUT2D eigenvalue weighted by Gasteiger charge is 2.47. The van der Waals surface area contributed by atoms with Gasteiger partial charge >= 0.3 is 5.97 Å². The minimum atomic E-state index is -0.544. The fourth-order valence-corrected chi connectivity index (χ4v) is 2.01. The summed E-state index contributed by atoms with van der Waals surface area (Å²) in [6, 6.07) is 0. The maximum atomic E-state index is 11.3. The zero-order valence-corrected chi connectivity index (χ0v) is 7.58. The van der Waals surface area contributed by atoms with E-state index in [1.165, 1.54) is 7.11 Å². The van der Waals surface area contributed by atoms with E-state index in [1.807, 2.05) is 0 Å². The third-order valence-electron chi connectivity index (χ3n) is 2.91. The van der Waals surface area contributed by atoms with Crippen LogP contribution < -0.4 is 5.32 Å². The number of nitrogens with one attached hydrogen (secondary N) is 1. The first kappa shape index (κ1) is 8.53. The lowest BCUT2D eigenvalue weighted by molar-refractivity contribution is -0.150. The second kappa shape index (κ2) is 3.01. The average molecular weight is 183 g/mol. The molecule has 2 atom stereocenters. The lowest BCUT2D eigenvalue weighted by Crippen LogP contribution is -2.29. The van der Waals surface area contributed by atoms with Crippen molar-refractivity contribution in [2.45, 2.75) is 12.8 Å². The molecule has 1 heterocycles. The number of hydrogen-bond donors (Lipinski definition) is 1. The molecule has 2 fully saturated rings. The van der Waals surface area contributed by atoms with Crippen LogP contribution in [0, 0.1) is 17.8 Å². The predicted molar refractivity (Wildman–Crippen MR) is 44.7 cm³/mol. The Morgan fingerprint density at radius 1 is 1.54 bits per heavy atom. The van der Waals surface area contributed by atoms with Crippen molar-refractivity contribution in [2.75, 3.05) is 13.7 Å². The molecule has 0 aromatic carbocycles. The number of carbonyl (C=O) groups excluding carboxylic acids is 2.